The molecule has 0 rings (SSSR count). The maximum atomic E-state index is 8.21. The van der Waals surface area contributed by atoms with Gasteiger partial charge in [0.05, 0.1) is 0 Å². The molecule has 17 heavy (non-hydrogen) atoms. The van der Waals surface area contributed by atoms with Crippen LogP contribution >= 0.6 is 0 Å². The zero-order chi connectivity index (χ0) is 13.8. The smallest absolute Gasteiger partial charge is 0.211 e. The van der Waals surface area contributed by atoms with Crippen LogP contribution in [0.1, 0.15) is 45.4 Å². The van der Waals surface area contributed by atoms with Gasteiger partial charge < -0.3 is 20.4 Å². The predicted molar refractivity (Wildman–Crippen MR) is 75.1 cm³/mol. The summed E-state index contributed by atoms with van der Waals surface area (Å²) in [5.41, 5.74) is 0. The molecule has 0 amide bonds. The fourth-order valence-corrected chi connectivity index (χ4v) is 0.801. The molecule has 4 nitrogen and oxygen atoms in total. The van der Waals surface area contributed by atoms with Crippen LogP contribution in [-0.4, -0.2) is 63.1 Å². The van der Waals surface area contributed by atoms with E-state index in [0.717, 1.165) is 38.5 Å². The van der Waals surface area contributed by atoms with Crippen LogP contribution < -0.4 is 0 Å². The molecule has 0 aliphatic carbocycles. The Morgan fingerprint density at radius 2 is 0.765 bits per heavy atom. The molecule has 5 heteroatoms. The predicted octanol–water partition coefficient (Wildman–Crippen LogP) is 0.340. The average molecular weight is 266 g/mol. The molecule has 0 aromatic carbocycles. The second kappa shape index (κ2) is 29.9. The van der Waals surface area contributed by atoms with Crippen molar-refractivity contribution in [3.05, 3.63) is 0 Å². The Balaban J connectivity index is -0.000000188. The van der Waals surface area contributed by atoms with E-state index in [2.05, 4.69) is 6.92 Å². The highest BCUT2D eigenvalue weighted by Gasteiger charge is 1.82. The van der Waals surface area contributed by atoms with Gasteiger partial charge in [0.1, 0.15) is 0 Å². The minimum absolute atomic E-state index is 0.250. The van der Waals surface area contributed by atoms with E-state index in [1.54, 1.807) is 0 Å². The van der Waals surface area contributed by atoms with Crippen LogP contribution in [0.2, 0.25) is 5.28 Å². The quantitative estimate of drug-likeness (QED) is 0.377. The Hall–Kier alpha value is 0.372. The Bertz CT molecular complexity index is 76.6. The number of aliphatic hydroxyl groups is 4. The van der Waals surface area contributed by atoms with Crippen molar-refractivity contribution in [1.29, 1.82) is 0 Å². The molecule has 0 saturated heterocycles. The van der Waals surface area contributed by atoms with E-state index in [-0.39, 0.29) is 26.4 Å². The summed E-state index contributed by atoms with van der Waals surface area (Å²) >= 11 is 1.37. The summed E-state index contributed by atoms with van der Waals surface area (Å²) in [6, 6.07) is 0. The fraction of sp³-hybridized carbons (Fsp3) is 1.00. The number of hydrogen-bond acceptors (Lipinski definition) is 4. The van der Waals surface area contributed by atoms with Crippen molar-refractivity contribution in [2.45, 2.75) is 50.7 Å². The third kappa shape index (κ3) is 48.2. The highest BCUT2D eigenvalue weighted by molar-refractivity contribution is 6.08. The first-order chi connectivity index (χ1) is 8.24. The molecule has 0 spiro atoms. The molecule has 0 heterocycles. The van der Waals surface area contributed by atoms with Crippen molar-refractivity contribution < 1.29 is 20.4 Å². The van der Waals surface area contributed by atoms with E-state index in [4.69, 9.17) is 20.4 Å². The summed E-state index contributed by atoms with van der Waals surface area (Å²) in [5.74, 6) is 0. The van der Waals surface area contributed by atoms with Crippen LogP contribution in [0.3, 0.4) is 0 Å². The van der Waals surface area contributed by atoms with Gasteiger partial charge in [-0.3, -0.25) is 0 Å². The molecule has 0 aromatic heterocycles. The highest BCUT2D eigenvalue weighted by Crippen LogP contribution is 1.90. The van der Waals surface area contributed by atoms with Gasteiger partial charge in [0.25, 0.3) is 0 Å². The van der Waals surface area contributed by atoms with E-state index in [1.807, 2.05) is 0 Å². The zero-order valence-corrected chi connectivity index (χ0v) is 13.6. The van der Waals surface area contributed by atoms with E-state index < -0.39 is 0 Å². The van der Waals surface area contributed by atoms with E-state index in [0.29, 0.717) is 0 Å². The van der Waals surface area contributed by atoms with Gasteiger partial charge in [0.15, 0.2) is 0 Å². The van der Waals surface area contributed by atoms with Crippen molar-refractivity contribution in [3.8, 4) is 0 Å². The maximum Gasteiger partial charge on any atom is 0.211 e. The molecule has 106 valence electrons. The SMILES string of the molecule is C[CH2][AlH2].OCCCCCO.OCCCCCO. The van der Waals surface area contributed by atoms with E-state index in [1.165, 1.54) is 21.6 Å². The Labute approximate surface area is 114 Å². The molecule has 0 saturated carbocycles. The zero-order valence-electron chi connectivity index (χ0n) is 11.6. The van der Waals surface area contributed by atoms with Crippen LogP contribution in [0.25, 0.3) is 0 Å². The average Bonchev–Trinajstić information content (AvgIpc) is 2.32. The first kappa shape index (κ1) is 22.5. The first-order valence-corrected chi connectivity index (χ1v) is 8.09. The normalized spacial score (nSPS) is 8.76. The van der Waals surface area contributed by atoms with Gasteiger partial charge in [-0.25, -0.2) is 0 Å². The molecule has 0 radical (unpaired) electrons. The summed E-state index contributed by atoms with van der Waals surface area (Å²) in [5, 5.41) is 34.2. The van der Waals surface area contributed by atoms with Gasteiger partial charge in [-0.1, -0.05) is 6.92 Å². The summed E-state index contributed by atoms with van der Waals surface area (Å²) in [7, 11) is 0. The van der Waals surface area contributed by atoms with Crippen LogP contribution in [0, 0.1) is 0 Å². The Morgan fingerprint density at radius 3 is 0.882 bits per heavy atom. The largest absolute Gasteiger partial charge is 0.396 e. The van der Waals surface area contributed by atoms with Gasteiger partial charge in [-0.15, -0.1) is 5.28 Å². The topological polar surface area (TPSA) is 80.9 Å². The summed E-state index contributed by atoms with van der Waals surface area (Å²) in [6.45, 7) is 3.19. The standard InChI is InChI=1S/2C5H12O2.C2H5.Al.2H/c2*6-4-2-1-3-5-7;1-2;;;/h2*6-7H,1-5H2;1H2,2H3;;;. The molecular formula is C12H31AlO4. The molecule has 0 bridgehead atoms. The molecule has 0 aromatic rings. The van der Waals surface area contributed by atoms with Gasteiger partial charge in [-0.2, -0.15) is 0 Å². The van der Waals surface area contributed by atoms with Gasteiger partial charge in [0, 0.05) is 26.4 Å². The Kier molecular flexibility index (Phi) is 39.7. The lowest BCUT2D eigenvalue weighted by Crippen LogP contribution is -1.85. The van der Waals surface area contributed by atoms with Crippen molar-refractivity contribution in [3.63, 3.8) is 0 Å². The van der Waals surface area contributed by atoms with Crippen LogP contribution in [0.15, 0.2) is 0 Å². The molecular weight excluding hydrogens is 235 g/mol. The summed E-state index contributed by atoms with van der Waals surface area (Å²) in [6.07, 6.45) is 5.16. The van der Waals surface area contributed by atoms with Crippen molar-refractivity contribution in [1.82, 2.24) is 0 Å². The lowest BCUT2D eigenvalue weighted by Gasteiger charge is -1.90. The van der Waals surface area contributed by atoms with Crippen molar-refractivity contribution in [2.75, 3.05) is 26.4 Å². The second-order valence-corrected chi connectivity index (χ2v) is 5.14. The maximum absolute atomic E-state index is 8.21. The lowest BCUT2D eigenvalue weighted by molar-refractivity contribution is 0.256. The second-order valence-electron chi connectivity index (χ2n) is 3.72. The minimum atomic E-state index is 0.250. The molecule has 0 fully saturated rings. The van der Waals surface area contributed by atoms with E-state index in [9.17, 15) is 0 Å². The molecule has 4 N–H and O–H groups in total. The first-order valence-electron chi connectivity index (χ1n) is 6.68. The van der Waals surface area contributed by atoms with Crippen LogP contribution in [0.5, 0.6) is 0 Å². The minimum Gasteiger partial charge on any atom is -0.396 e. The van der Waals surface area contributed by atoms with Crippen molar-refractivity contribution >= 4 is 16.3 Å². The summed E-state index contributed by atoms with van der Waals surface area (Å²) < 4.78 is 0. The highest BCUT2D eigenvalue weighted by atomic mass is 27.0. The monoisotopic (exact) mass is 266 g/mol. The molecule has 0 atom stereocenters. The van der Waals surface area contributed by atoms with Gasteiger partial charge >= 0.3 is 0 Å². The molecule has 0 aliphatic rings. The van der Waals surface area contributed by atoms with Gasteiger partial charge in [-0.05, 0) is 38.5 Å². The number of unbranched alkanes of at least 4 members (excludes halogenated alkanes) is 4. The fourth-order valence-electron chi connectivity index (χ4n) is 0.801. The number of aliphatic hydroxyl groups excluding tert-OH is 4. The van der Waals surface area contributed by atoms with Crippen LogP contribution in [-0.2, 0) is 0 Å². The van der Waals surface area contributed by atoms with Crippen LogP contribution in [0.4, 0.5) is 0 Å². The van der Waals surface area contributed by atoms with E-state index >= 15 is 0 Å². The summed E-state index contributed by atoms with van der Waals surface area (Å²) in [4.78, 5) is 0. The molecule has 0 aliphatic heterocycles. The molecule has 0 unspecified atom stereocenters. The lowest BCUT2D eigenvalue weighted by atomic mass is 10.2. The van der Waals surface area contributed by atoms with Crippen molar-refractivity contribution in [2.24, 2.45) is 0 Å². The van der Waals surface area contributed by atoms with Gasteiger partial charge in [0.2, 0.25) is 16.3 Å². The number of hydrogen-bond donors (Lipinski definition) is 4. The number of rotatable bonds is 8. The third-order valence-electron chi connectivity index (χ3n) is 1.63. The Morgan fingerprint density at radius 1 is 0.588 bits per heavy atom. The third-order valence-corrected chi connectivity index (χ3v) is 1.63.